The van der Waals surface area contributed by atoms with Crippen molar-refractivity contribution in [1.29, 1.82) is 0 Å². The molecule has 1 fully saturated rings. The van der Waals surface area contributed by atoms with Crippen LogP contribution < -0.4 is 15.8 Å². The van der Waals surface area contributed by atoms with Gasteiger partial charge in [0.25, 0.3) is 0 Å². The van der Waals surface area contributed by atoms with Gasteiger partial charge in [0.05, 0.1) is 18.5 Å². The molecular formula is C14H18F2N2O2. The molecule has 0 unspecified atom stereocenters. The number of ether oxygens (including phenoxy) is 1. The van der Waals surface area contributed by atoms with Gasteiger partial charge in [-0.3, -0.25) is 4.79 Å². The first-order valence-corrected chi connectivity index (χ1v) is 6.53. The van der Waals surface area contributed by atoms with E-state index in [2.05, 4.69) is 5.32 Å². The number of halogens is 2. The van der Waals surface area contributed by atoms with Crippen LogP contribution in [-0.4, -0.2) is 18.9 Å². The van der Waals surface area contributed by atoms with Gasteiger partial charge < -0.3 is 15.8 Å². The molecule has 110 valence electrons. The number of benzene rings is 1. The Morgan fingerprint density at radius 1 is 1.40 bits per heavy atom. The van der Waals surface area contributed by atoms with Crippen molar-refractivity contribution in [2.45, 2.75) is 31.6 Å². The number of rotatable bonds is 3. The van der Waals surface area contributed by atoms with Crippen LogP contribution in [0.25, 0.3) is 0 Å². The number of nitrogen functional groups attached to an aromatic ring is 1. The number of hydrogen-bond donors (Lipinski definition) is 2. The number of nitrogens with one attached hydrogen (secondary N) is 1. The molecule has 0 saturated heterocycles. The molecular weight excluding hydrogens is 266 g/mol. The molecule has 0 spiro atoms. The molecule has 20 heavy (non-hydrogen) atoms. The maximum Gasteiger partial charge on any atom is 0.248 e. The highest BCUT2D eigenvalue weighted by Gasteiger charge is 2.37. The van der Waals surface area contributed by atoms with Crippen LogP contribution in [0.15, 0.2) is 18.2 Å². The number of alkyl halides is 2. The Hall–Kier alpha value is -1.85. The predicted octanol–water partition coefficient (Wildman–Crippen LogP) is 3.04. The lowest BCUT2D eigenvalue weighted by atomic mass is 9.86. The molecule has 1 amide bonds. The van der Waals surface area contributed by atoms with Gasteiger partial charge in [0.2, 0.25) is 11.8 Å². The molecule has 4 nitrogen and oxygen atoms in total. The lowest BCUT2D eigenvalue weighted by molar-refractivity contribution is -0.124. The largest absolute Gasteiger partial charge is 0.497 e. The van der Waals surface area contributed by atoms with Crippen molar-refractivity contribution >= 4 is 17.3 Å². The molecule has 0 atom stereocenters. The van der Waals surface area contributed by atoms with E-state index in [1.165, 1.54) is 7.11 Å². The fourth-order valence-corrected chi connectivity index (χ4v) is 2.31. The topological polar surface area (TPSA) is 64.3 Å². The first-order chi connectivity index (χ1) is 9.41. The fourth-order valence-electron chi connectivity index (χ4n) is 2.31. The maximum atomic E-state index is 13.1. The molecule has 6 heteroatoms. The highest BCUT2D eigenvalue weighted by atomic mass is 19.3. The van der Waals surface area contributed by atoms with E-state index < -0.39 is 5.92 Å². The second-order valence-corrected chi connectivity index (χ2v) is 5.07. The molecule has 0 bridgehead atoms. The Morgan fingerprint density at radius 3 is 2.65 bits per heavy atom. The van der Waals surface area contributed by atoms with E-state index in [4.69, 9.17) is 10.5 Å². The molecule has 1 aromatic rings. The Bertz CT molecular complexity index is 496. The minimum absolute atomic E-state index is 0.197. The molecule has 0 aliphatic heterocycles. The van der Waals surface area contributed by atoms with Gasteiger partial charge in [-0.05, 0) is 25.0 Å². The fraction of sp³-hybridized carbons (Fsp3) is 0.500. The van der Waals surface area contributed by atoms with Crippen molar-refractivity contribution in [2.75, 3.05) is 18.2 Å². The van der Waals surface area contributed by atoms with Gasteiger partial charge in [0.15, 0.2) is 0 Å². The molecule has 1 aromatic carbocycles. The summed E-state index contributed by atoms with van der Waals surface area (Å²) in [6.07, 6.45) is -0.0806. The Labute approximate surface area is 116 Å². The molecule has 0 aromatic heterocycles. The number of methoxy groups -OCH3 is 1. The number of carbonyl (C=O) groups is 1. The number of hydrogen-bond acceptors (Lipinski definition) is 3. The summed E-state index contributed by atoms with van der Waals surface area (Å²) < 4.78 is 31.2. The van der Waals surface area contributed by atoms with Crippen molar-refractivity contribution in [3.8, 4) is 5.75 Å². The van der Waals surface area contributed by atoms with Crippen LogP contribution in [0.3, 0.4) is 0 Å². The van der Waals surface area contributed by atoms with Crippen LogP contribution >= 0.6 is 0 Å². The average molecular weight is 284 g/mol. The third-order valence-electron chi connectivity index (χ3n) is 3.61. The molecule has 1 aliphatic carbocycles. The second kappa shape index (κ2) is 5.64. The summed E-state index contributed by atoms with van der Waals surface area (Å²) >= 11 is 0. The summed E-state index contributed by atoms with van der Waals surface area (Å²) in [5, 5.41) is 2.69. The maximum absolute atomic E-state index is 13.1. The van der Waals surface area contributed by atoms with Crippen LogP contribution in [0.4, 0.5) is 20.2 Å². The van der Waals surface area contributed by atoms with E-state index in [1.54, 1.807) is 18.2 Å². The smallest absolute Gasteiger partial charge is 0.248 e. The third kappa shape index (κ3) is 3.37. The predicted molar refractivity (Wildman–Crippen MR) is 72.9 cm³/mol. The first-order valence-electron chi connectivity index (χ1n) is 6.53. The average Bonchev–Trinajstić information content (AvgIpc) is 2.41. The van der Waals surface area contributed by atoms with Gasteiger partial charge in [-0.15, -0.1) is 0 Å². The van der Waals surface area contributed by atoms with Crippen molar-refractivity contribution < 1.29 is 18.3 Å². The van der Waals surface area contributed by atoms with Gasteiger partial charge in [0, 0.05) is 24.8 Å². The standard InChI is InChI=1S/C14H18F2N2O2/c1-20-10-2-3-11(17)12(8-10)18-13(19)9-4-6-14(15,16)7-5-9/h2-3,8-9H,4-7,17H2,1H3,(H,18,19). The lowest BCUT2D eigenvalue weighted by Crippen LogP contribution is -2.32. The molecule has 0 heterocycles. The monoisotopic (exact) mass is 284 g/mol. The molecule has 2 rings (SSSR count). The first kappa shape index (κ1) is 14.6. The van der Waals surface area contributed by atoms with Crippen LogP contribution in [-0.2, 0) is 4.79 Å². The molecule has 0 radical (unpaired) electrons. The van der Waals surface area contributed by atoms with E-state index in [1.807, 2.05) is 0 Å². The van der Waals surface area contributed by atoms with Crippen LogP contribution in [0.1, 0.15) is 25.7 Å². The third-order valence-corrected chi connectivity index (χ3v) is 3.61. The highest BCUT2D eigenvalue weighted by molar-refractivity contribution is 5.95. The van der Waals surface area contributed by atoms with Gasteiger partial charge in [-0.1, -0.05) is 0 Å². The summed E-state index contributed by atoms with van der Waals surface area (Å²) in [4.78, 5) is 12.1. The van der Waals surface area contributed by atoms with Gasteiger partial charge in [-0.2, -0.15) is 0 Å². The van der Waals surface area contributed by atoms with E-state index in [9.17, 15) is 13.6 Å². The number of carbonyl (C=O) groups excluding carboxylic acids is 1. The molecule has 1 saturated carbocycles. The van der Waals surface area contributed by atoms with E-state index in [0.717, 1.165) is 0 Å². The summed E-state index contributed by atoms with van der Waals surface area (Å²) in [5.41, 5.74) is 6.64. The summed E-state index contributed by atoms with van der Waals surface area (Å²) in [6.45, 7) is 0. The Morgan fingerprint density at radius 2 is 2.05 bits per heavy atom. The van der Waals surface area contributed by atoms with Crippen molar-refractivity contribution in [2.24, 2.45) is 5.92 Å². The zero-order valence-corrected chi connectivity index (χ0v) is 11.3. The number of nitrogens with two attached hydrogens (primary N) is 1. The summed E-state index contributed by atoms with van der Waals surface area (Å²) in [7, 11) is 1.51. The van der Waals surface area contributed by atoms with Crippen LogP contribution in [0, 0.1) is 5.92 Å². The Balaban J connectivity index is 2.01. The quantitative estimate of drug-likeness (QED) is 0.838. The molecule has 1 aliphatic rings. The summed E-state index contributed by atoms with van der Waals surface area (Å²) in [5.74, 6) is -2.71. The summed E-state index contributed by atoms with van der Waals surface area (Å²) in [6, 6.07) is 4.93. The zero-order chi connectivity index (χ0) is 14.8. The van der Waals surface area contributed by atoms with Crippen LogP contribution in [0.5, 0.6) is 5.75 Å². The number of anilines is 2. The minimum atomic E-state index is -2.63. The van der Waals surface area contributed by atoms with E-state index in [-0.39, 0.29) is 37.5 Å². The van der Waals surface area contributed by atoms with E-state index >= 15 is 0 Å². The second-order valence-electron chi connectivity index (χ2n) is 5.07. The van der Waals surface area contributed by atoms with Crippen molar-refractivity contribution in [3.05, 3.63) is 18.2 Å². The SMILES string of the molecule is COc1ccc(N)c(NC(=O)C2CCC(F)(F)CC2)c1. The van der Waals surface area contributed by atoms with Gasteiger partial charge >= 0.3 is 0 Å². The zero-order valence-electron chi connectivity index (χ0n) is 11.3. The van der Waals surface area contributed by atoms with Gasteiger partial charge in [0.1, 0.15) is 5.75 Å². The van der Waals surface area contributed by atoms with E-state index in [0.29, 0.717) is 17.1 Å². The highest BCUT2D eigenvalue weighted by Crippen LogP contribution is 2.37. The van der Waals surface area contributed by atoms with Crippen LogP contribution in [0.2, 0.25) is 0 Å². The number of amides is 1. The lowest BCUT2D eigenvalue weighted by Gasteiger charge is -2.27. The molecule has 3 N–H and O–H groups in total. The van der Waals surface area contributed by atoms with Crippen molar-refractivity contribution in [3.63, 3.8) is 0 Å². The van der Waals surface area contributed by atoms with Gasteiger partial charge in [-0.25, -0.2) is 8.78 Å². The Kier molecular flexibility index (Phi) is 4.11. The normalized spacial score (nSPS) is 18.6. The van der Waals surface area contributed by atoms with Crippen molar-refractivity contribution in [1.82, 2.24) is 0 Å². The minimum Gasteiger partial charge on any atom is -0.497 e.